The predicted octanol–water partition coefficient (Wildman–Crippen LogP) is 6.59. The SMILES string of the molecule is COc1cc(Br)ccc1[C@@H]1c2ccc3nn(C4CCCCO4)cc3c2C[C@@H](C)N1CC(C)(C)F. The Kier molecular flexibility index (Phi) is 6.46. The molecule has 0 N–H and O–H groups in total. The van der Waals surface area contributed by atoms with E-state index in [0.717, 1.165) is 53.6 Å². The van der Waals surface area contributed by atoms with Gasteiger partial charge in [-0.2, -0.15) is 5.10 Å². The van der Waals surface area contributed by atoms with Crippen LogP contribution < -0.4 is 4.74 Å². The van der Waals surface area contributed by atoms with E-state index in [4.69, 9.17) is 14.6 Å². The zero-order chi connectivity index (χ0) is 24.0. The van der Waals surface area contributed by atoms with Gasteiger partial charge in [0.05, 0.1) is 18.7 Å². The van der Waals surface area contributed by atoms with Gasteiger partial charge in [0, 0.05) is 40.8 Å². The summed E-state index contributed by atoms with van der Waals surface area (Å²) in [6.45, 7) is 6.63. The topological polar surface area (TPSA) is 39.5 Å². The Bertz CT molecular complexity index is 1180. The summed E-state index contributed by atoms with van der Waals surface area (Å²) >= 11 is 3.57. The van der Waals surface area contributed by atoms with E-state index in [1.165, 1.54) is 16.5 Å². The number of methoxy groups -OCH3 is 1. The van der Waals surface area contributed by atoms with Gasteiger partial charge in [0.15, 0.2) is 0 Å². The summed E-state index contributed by atoms with van der Waals surface area (Å²) in [6, 6.07) is 10.4. The Labute approximate surface area is 209 Å². The van der Waals surface area contributed by atoms with Gasteiger partial charge in [-0.25, -0.2) is 9.07 Å². The molecule has 5 nitrogen and oxygen atoms in total. The van der Waals surface area contributed by atoms with Crippen molar-refractivity contribution in [1.82, 2.24) is 14.7 Å². The molecule has 1 saturated heterocycles. The molecule has 2 aromatic carbocycles. The van der Waals surface area contributed by atoms with Crippen molar-refractivity contribution in [3.8, 4) is 5.75 Å². The van der Waals surface area contributed by atoms with Gasteiger partial charge in [-0.15, -0.1) is 0 Å². The summed E-state index contributed by atoms with van der Waals surface area (Å²) < 4.78 is 29.8. The molecule has 34 heavy (non-hydrogen) atoms. The molecule has 0 amide bonds. The Morgan fingerprint density at radius 3 is 2.71 bits per heavy atom. The van der Waals surface area contributed by atoms with Gasteiger partial charge in [-0.1, -0.05) is 28.1 Å². The third-order valence-corrected chi connectivity index (χ3v) is 7.54. The quantitative estimate of drug-likeness (QED) is 0.373. The van der Waals surface area contributed by atoms with E-state index in [0.29, 0.717) is 6.54 Å². The summed E-state index contributed by atoms with van der Waals surface area (Å²) in [6.07, 6.45) is 6.27. The third-order valence-electron chi connectivity index (χ3n) is 7.05. The molecule has 0 aliphatic carbocycles. The second-order valence-corrected chi connectivity index (χ2v) is 11.1. The molecule has 1 unspecified atom stereocenters. The molecule has 0 bridgehead atoms. The van der Waals surface area contributed by atoms with Gasteiger partial charge in [-0.05, 0) is 75.8 Å². The lowest BCUT2D eigenvalue weighted by Gasteiger charge is -2.44. The van der Waals surface area contributed by atoms with Crippen molar-refractivity contribution in [1.29, 1.82) is 0 Å². The zero-order valence-electron chi connectivity index (χ0n) is 20.4. The van der Waals surface area contributed by atoms with Crippen LogP contribution in [0.15, 0.2) is 41.0 Å². The van der Waals surface area contributed by atoms with Crippen LogP contribution in [0.4, 0.5) is 4.39 Å². The van der Waals surface area contributed by atoms with E-state index < -0.39 is 5.67 Å². The fraction of sp³-hybridized carbons (Fsp3) is 0.519. The molecule has 0 spiro atoms. The minimum atomic E-state index is -1.32. The van der Waals surface area contributed by atoms with Crippen molar-refractivity contribution in [3.05, 3.63) is 57.7 Å². The molecule has 3 aromatic rings. The first-order chi connectivity index (χ1) is 16.2. The molecule has 5 rings (SSSR count). The molecule has 1 fully saturated rings. The summed E-state index contributed by atoms with van der Waals surface area (Å²) in [5.74, 6) is 0.799. The van der Waals surface area contributed by atoms with Gasteiger partial charge >= 0.3 is 0 Å². The number of ether oxygens (including phenoxy) is 2. The molecule has 182 valence electrons. The van der Waals surface area contributed by atoms with Gasteiger partial charge in [0.25, 0.3) is 0 Å². The first kappa shape index (κ1) is 23.8. The number of rotatable bonds is 5. The Balaban J connectivity index is 1.66. The number of hydrogen-bond acceptors (Lipinski definition) is 4. The number of aromatic nitrogens is 2. The minimum absolute atomic E-state index is 0.00372. The van der Waals surface area contributed by atoms with Crippen molar-refractivity contribution in [3.63, 3.8) is 0 Å². The lowest BCUT2D eigenvalue weighted by molar-refractivity contribution is -0.0390. The van der Waals surface area contributed by atoms with Crippen LogP contribution in [0.25, 0.3) is 10.9 Å². The highest BCUT2D eigenvalue weighted by Gasteiger charge is 2.38. The fourth-order valence-corrected chi connectivity index (χ4v) is 5.87. The van der Waals surface area contributed by atoms with Crippen molar-refractivity contribution < 1.29 is 13.9 Å². The van der Waals surface area contributed by atoms with Gasteiger partial charge in [0.2, 0.25) is 0 Å². The number of alkyl halides is 1. The first-order valence-electron chi connectivity index (χ1n) is 12.2. The number of nitrogens with zero attached hydrogens (tertiary/aromatic N) is 3. The van der Waals surface area contributed by atoms with E-state index in [9.17, 15) is 0 Å². The molecular formula is C27H33BrFN3O2. The molecule has 1 aromatic heterocycles. The van der Waals surface area contributed by atoms with Crippen molar-refractivity contribution in [2.75, 3.05) is 20.3 Å². The summed E-state index contributed by atoms with van der Waals surface area (Å²) in [4.78, 5) is 2.29. The molecule has 0 saturated carbocycles. The molecule has 2 aliphatic rings. The van der Waals surface area contributed by atoms with Crippen molar-refractivity contribution in [2.24, 2.45) is 0 Å². The zero-order valence-corrected chi connectivity index (χ0v) is 21.9. The van der Waals surface area contributed by atoms with Crippen LogP contribution >= 0.6 is 15.9 Å². The predicted molar refractivity (Wildman–Crippen MR) is 136 cm³/mol. The maximum absolute atomic E-state index is 15.0. The number of fused-ring (bicyclic) bond motifs is 3. The molecule has 3 heterocycles. The monoisotopic (exact) mass is 529 g/mol. The number of benzene rings is 2. The maximum atomic E-state index is 15.0. The van der Waals surface area contributed by atoms with Crippen LogP contribution in [0.2, 0.25) is 0 Å². The second-order valence-electron chi connectivity index (χ2n) is 10.2. The van der Waals surface area contributed by atoms with Crippen molar-refractivity contribution in [2.45, 2.75) is 70.4 Å². The van der Waals surface area contributed by atoms with Crippen molar-refractivity contribution >= 4 is 26.8 Å². The van der Waals surface area contributed by atoms with E-state index in [1.54, 1.807) is 21.0 Å². The smallest absolute Gasteiger partial charge is 0.150 e. The van der Waals surface area contributed by atoms with Gasteiger partial charge in [-0.3, -0.25) is 4.90 Å². The number of halogens is 2. The minimum Gasteiger partial charge on any atom is -0.496 e. The molecular weight excluding hydrogens is 497 g/mol. The van der Waals surface area contributed by atoms with E-state index in [-0.39, 0.29) is 18.3 Å². The average Bonchev–Trinajstić information content (AvgIpc) is 3.25. The van der Waals surface area contributed by atoms with Crippen LogP contribution in [0.1, 0.15) is 69.0 Å². The number of hydrogen-bond donors (Lipinski definition) is 0. The second kappa shape index (κ2) is 9.25. The Hall–Kier alpha value is -1.96. The summed E-state index contributed by atoms with van der Waals surface area (Å²) in [5, 5.41) is 6.04. The standard InChI is InChI=1S/C27H33BrFN3O2/c1-17-13-21-19(10-11-23-22(21)15-32(30-23)25-7-5-6-12-34-25)26(31(17)16-27(2,3)29)20-9-8-18(28)14-24(20)33-4/h8-11,14-15,17,25-26H,5-7,12-13,16H2,1-4H3/t17-,25?,26+/m1/s1. The first-order valence-corrected chi connectivity index (χ1v) is 12.9. The molecule has 0 radical (unpaired) electrons. The van der Waals surface area contributed by atoms with E-state index in [2.05, 4.69) is 52.1 Å². The fourth-order valence-electron chi connectivity index (χ4n) is 5.53. The Morgan fingerprint density at radius 1 is 1.21 bits per heavy atom. The lowest BCUT2D eigenvalue weighted by Crippen LogP contribution is -2.47. The molecule has 7 heteroatoms. The lowest BCUT2D eigenvalue weighted by atomic mass is 9.82. The highest BCUT2D eigenvalue weighted by molar-refractivity contribution is 9.10. The highest BCUT2D eigenvalue weighted by atomic mass is 79.9. The normalized spacial score (nSPS) is 23.8. The van der Waals surface area contributed by atoms with Gasteiger partial charge in [0.1, 0.15) is 17.6 Å². The maximum Gasteiger partial charge on any atom is 0.150 e. The van der Waals surface area contributed by atoms with Crippen LogP contribution in [-0.4, -0.2) is 46.7 Å². The summed E-state index contributed by atoms with van der Waals surface area (Å²) in [5.41, 5.74) is 3.19. The third kappa shape index (κ3) is 4.50. The van der Waals surface area contributed by atoms with Crippen LogP contribution in [0.5, 0.6) is 5.75 Å². The molecule has 3 atom stereocenters. The highest BCUT2D eigenvalue weighted by Crippen LogP contribution is 2.45. The van der Waals surface area contributed by atoms with E-state index >= 15 is 4.39 Å². The average molecular weight is 530 g/mol. The van der Waals surface area contributed by atoms with Crippen LogP contribution in [0, 0.1) is 0 Å². The summed E-state index contributed by atoms with van der Waals surface area (Å²) in [7, 11) is 1.69. The molecule has 2 aliphatic heterocycles. The van der Waals surface area contributed by atoms with Gasteiger partial charge < -0.3 is 9.47 Å². The van der Waals surface area contributed by atoms with Crippen LogP contribution in [0.3, 0.4) is 0 Å². The largest absolute Gasteiger partial charge is 0.496 e. The van der Waals surface area contributed by atoms with E-state index in [1.807, 2.05) is 16.8 Å². The van der Waals surface area contributed by atoms with Crippen LogP contribution in [-0.2, 0) is 11.2 Å². The Morgan fingerprint density at radius 2 is 2.00 bits per heavy atom.